The van der Waals surface area contributed by atoms with Crippen molar-refractivity contribution in [3.05, 3.63) is 22.3 Å². The normalized spacial score (nSPS) is 15.4. The summed E-state index contributed by atoms with van der Waals surface area (Å²) in [5, 5.41) is 17.3. The Hall–Kier alpha value is -1.85. The summed E-state index contributed by atoms with van der Waals surface area (Å²) in [7, 11) is -3.64. The number of nitrogens with one attached hydrogen (secondary N) is 1. The van der Waals surface area contributed by atoms with E-state index in [1.165, 1.54) is 11.3 Å². The highest BCUT2D eigenvalue weighted by atomic mass is 32.2. The average Bonchev–Trinajstić information content (AvgIpc) is 3.01. The molecule has 3 heterocycles. The average molecular weight is 368 g/mol. The van der Waals surface area contributed by atoms with E-state index in [0.29, 0.717) is 18.0 Å². The molecule has 0 amide bonds. The molecule has 1 fully saturated rings. The molecule has 24 heavy (non-hydrogen) atoms. The van der Waals surface area contributed by atoms with Crippen molar-refractivity contribution in [3.8, 4) is 0 Å². The fourth-order valence-electron chi connectivity index (χ4n) is 2.59. The molecule has 1 aliphatic rings. The molecule has 1 saturated carbocycles. The minimum atomic E-state index is -3.64. The first-order chi connectivity index (χ1) is 11.5. The lowest BCUT2D eigenvalue weighted by molar-refractivity contribution is 0.390. The summed E-state index contributed by atoms with van der Waals surface area (Å²) < 4.78 is 34.0. The molecular formula is C13H16N6O3S2. The Morgan fingerprint density at radius 2 is 2.12 bits per heavy atom. The summed E-state index contributed by atoms with van der Waals surface area (Å²) >= 11 is 1.43. The molecule has 0 atom stereocenters. The Bertz CT molecular complexity index is 979. The number of nitrogens with zero attached hydrogens (tertiary/aromatic N) is 5. The summed E-state index contributed by atoms with van der Waals surface area (Å²) in [5.74, 6) is 1.66. The third-order valence-electron chi connectivity index (χ3n) is 3.87. The molecule has 0 bridgehead atoms. The van der Waals surface area contributed by atoms with E-state index in [1.807, 2.05) is 0 Å². The second-order valence-corrected chi connectivity index (χ2v) is 8.57. The van der Waals surface area contributed by atoms with Crippen LogP contribution in [0.25, 0.3) is 4.96 Å². The molecule has 4 rings (SSSR count). The molecule has 1 N–H and O–H groups in total. The summed E-state index contributed by atoms with van der Waals surface area (Å²) in [5.41, 5.74) is 0.355. The van der Waals surface area contributed by atoms with Crippen LogP contribution >= 0.6 is 11.3 Å². The van der Waals surface area contributed by atoms with Gasteiger partial charge in [-0.2, -0.15) is 9.61 Å². The molecule has 3 aromatic rings. The van der Waals surface area contributed by atoms with Crippen LogP contribution in [0.5, 0.6) is 0 Å². The van der Waals surface area contributed by atoms with E-state index in [9.17, 15) is 8.42 Å². The van der Waals surface area contributed by atoms with Crippen LogP contribution in [-0.2, 0) is 16.4 Å². The Kier molecular flexibility index (Phi) is 3.66. The molecule has 11 heteroatoms. The van der Waals surface area contributed by atoms with Crippen molar-refractivity contribution >= 4 is 26.3 Å². The quantitative estimate of drug-likeness (QED) is 0.695. The molecule has 9 nitrogen and oxygen atoms in total. The smallest absolute Gasteiger partial charge is 0.245 e. The van der Waals surface area contributed by atoms with Crippen LogP contribution < -0.4 is 4.72 Å². The van der Waals surface area contributed by atoms with Gasteiger partial charge in [-0.05, 0) is 26.7 Å². The van der Waals surface area contributed by atoms with Gasteiger partial charge in [-0.1, -0.05) is 16.5 Å². The van der Waals surface area contributed by atoms with Crippen LogP contribution in [0.3, 0.4) is 0 Å². The fourth-order valence-corrected chi connectivity index (χ4v) is 4.79. The van der Waals surface area contributed by atoms with Crippen molar-refractivity contribution < 1.29 is 12.9 Å². The van der Waals surface area contributed by atoms with Crippen molar-refractivity contribution in [2.24, 2.45) is 0 Å². The van der Waals surface area contributed by atoms with Crippen molar-refractivity contribution in [3.63, 3.8) is 0 Å². The van der Waals surface area contributed by atoms with Gasteiger partial charge in [0.25, 0.3) is 0 Å². The Balaban J connectivity index is 1.45. The van der Waals surface area contributed by atoms with Gasteiger partial charge in [0.2, 0.25) is 15.0 Å². The number of aromatic nitrogens is 5. The highest BCUT2D eigenvalue weighted by Crippen LogP contribution is 2.39. The predicted octanol–water partition coefficient (Wildman–Crippen LogP) is 1.19. The molecule has 0 radical (unpaired) electrons. The lowest BCUT2D eigenvalue weighted by Crippen LogP contribution is -2.26. The summed E-state index contributed by atoms with van der Waals surface area (Å²) in [6.45, 7) is 3.43. The van der Waals surface area contributed by atoms with Gasteiger partial charge in [-0.15, -0.1) is 10.2 Å². The molecule has 1 aliphatic carbocycles. The first-order valence-electron chi connectivity index (χ1n) is 7.59. The van der Waals surface area contributed by atoms with Crippen LogP contribution in [0.2, 0.25) is 0 Å². The van der Waals surface area contributed by atoms with Gasteiger partial charge in [0.15, 0.2) is 11.6 Å². The van der Waals surface area contributed by atoms with E-state index < -0.39 is 10.0 Å². The van der Waals surface area contributed by atoms with Crippen molar-refractivity contribution in [1.29, 1.82) is 0 Å². The monoisotopic (exact) mass is 368 g/mol. The first kappa shape index (κ1) is 15.7. The number of fused-ring (bicyclic) bond motifs is 1. The van der Waals surface area contributed by atoms with Gasteiger partial charge in [-0.25, -0.2) is 13.1 Å². The van der Waals surface area contributed by atoms with Gasteiger partial charge < -0.3 is 4.52 Å². The molecule has 128 valence electrons. The van der Waals surface area contributed by atoms with E-state index in [2.05, 4.69) is 25.2 Å². The summed E-state index contributed by atoms with van der Waals surface area (Å²) in [4.78, 5) is 0.858. The van der Waals surface area contributed by atoms with Crippen molar-refractivity contribution in [1.82, 2.24) is 29.7 Å². The second-order valence-electron chi connectivity index (χ2n) is 5.82. The third kappa shape index (κ3) is 2.72. The number of hydrogen-bond donors (Lipinski definition) is 1. The Morgan fingerprint density at radius 1 is 1.33 bits per heavy atom. The van der Waals surface area contributed by atoms with Crippen molar-refractivity contribution in [2.75, 3.05) is 6.54 Å². The van der Waals surface area contributed by atoms with Crippen LogP contribution in [0.1, 0.15) is 41.0 Å². The molecule has 3 aromatic heterocycles. The minimum Gasteiger partial charge on any atom is -0.360 e. The molecule has 0 aliphatic heterocycles. The number of rotatable bonds is 6. The van der Waals surface area contributed by atoms with Gasteiger partial charge in [0.05, 0.1) is 0 Å². The fraction of sp³-hybridized carbons (Fsp3) is 0.538. The largest absolute Gasteiger partial charge is 0.360 e. The maximum Gasteiger partial charge on any atom is 0.245 e. The zero-order chi connectivity index (χ0) is 16.9. The van der Waals surface area contributed by atoms with E-state index in [1.54, 1.807) is 18.4 Å². The highest BCUT2D eigenvalue weighted by molar-refractivity contribution is 7.89. The van der Waals surface area contributed by atoms with E-state index in [4.69, 9.17) is 4.52 Å². The van der Waals surface area contributed by atoms with Crippen molar-refractivity contribution in [2.45, 2.75) is 43.9 Å². The molecule has 0 unspecified atom stereocenters. The third-order valence-corrected chi connectivity index (χ3v) is 6.53. The Morgan fingerprint density at radius 3 is 2.79 bits per heavy atom. The van der Waals surface area contributed by atoms with Crippen LogP contribution in [0, 0.1) is 13.8 Å². The maximum absolute atomic E-state index is 12.3. The summed E-state index contributed by atoms with van der Waals surface area (Å²) in [6, 6.07) is 0. The van der Waals surface area contributed by atoms with E-state index in [0.717, 1.165) is 28.6 Å². The molecule has 0 aromatic carbocycles. The minimum absolute atomic E-state index is 0.108. The first-order valence-corrected chi connectivity index (χ1v) is 9.89. The van der Waals surface area contributed by atoms with Crippen LogP contribution in [0.15, 0.2) is 9.42 Å². The predicted molar refractivity (Wildman–Crippen MR) is 85.5 cm³/mol. The highest BCUT2D eigenvalue weighted by Gasteiger charge is 2.30. The van der Waals surface area contributed by atoms with Gasteiger partial charge in [-0.3, -0.25) is 0 Å². The maximum atomic E-state index is 12.3. The number of hydrogen-bond acceptors (Lipinski definition) is 8. The summed E-state index contributed by atoms with van der Waals surface area (Å²) in [6.07, 6.45) is 2.75. The van der Waals surface area contributed by atoms with Gasteiger partial charge >= 0.3 is 0 Å². The lowest BCUT2D eigenvalue weighted by atomic mass is 10.4. The van der Waals surface area contributed by atoms with Crippen LogP contribution in [-0.4, -0.2) is 39.9 Å². The van der Waals surface area contributed by atoms with E-state index >= 15 is 0 Å². The van der Waals surface area contributed by atoms with Gasteiger partial charge in [0.1, 0.15) is 15.6 Å². The van der Waals surface area contributed by atoms with Gasteiger partial charge in [0, 0.05) is 18.9 Å². The second kappa shape index (κ2) is 5.60. The Labute approximate surface area is 142 Å². The number of sulfonamides is 1. The van der Waals surface area contributed by atoms with Crippen LogP contribution in [0.4, 0.5) is 0 Å². The SMILES string of the molecule is Cc1noc(C)c1S(=O)(=O)NCCc1nn2c(C3CC3)nnc2s1. The molecule has 0 spiro atoms. The standard InChI is InChI=1S/C13H16N6O3S2/c1-7-11(8(2)22-18-7)24(20,21)14-6-5-10-17-19-12(9-3-4-9)15-16-13(19)23-10/h9,14H,3-6H2,1-2H3. The van der Waals surface area contributed by atoms with E-state index in [-0.39, 0.29) is 17.2 Å². The zero-order valence-electron chi connectivity index (χ0n) is 13.2. The molecule has 0 saturated heterocycles. The molecular weight excluding hydrogens is 352 g/mol. The number of aryl methyl sites for hydroxylation is 2. The topological polar surface area (TPSA) is 115 Å². The lowest BCUT2D eigenvalue weighted by Gasteiger charge is -2.04. The zero-order valence-corrected chi connectivity index (χ0v) is 14.8.